The average Bonchev–Trinajstić information content (AvgIpc) is 2.56. The van der Waals surface area contributed by atoms with Crippen molar-refractivity contribution in [1.82, 2.24) is 5.32 Å². The van der Waals surface area contributed by atoms with Crippen LogP contribution in [0.2, 0.25) is 10.0 Å². The number of aliphatic carboxylic acids is 1. The molecule has 8 heteroatoms. The van der Waals surface area contributed by atoms with Crippen molar-refractivity contribution in [3.05, 3.63) is 63.6 Å². The molecule has 0 heterocycles. The second-order valence-electron chi connectivity index (χ2n) is 5.39. The van der Waals surface area contributed by atoms with Crippen LogP contribution in [-0.2, 0) is 16.0 Å². The molecule has 1 amide bonds. The highest BCUT2D eigenvalue weighted by atomic mass is 35.5. The molecule has 0 unspecified atom stereocenters. The number of ether oxygens (including phenoxy) is 1. The van der Waals surface area contributed by atoms with E-state index in [4.69, 9.17) is 27.9 Å². The molecule has 0 spiro atoms. The van der Waals surface area contributed by atoms with E-state index < -0.39 is 23.9 Å². The summed E-state index contributed by atoms with van der Waals surface area (Å²) in [6.07, 6.45) is -0.0801. The predicted octanol–water partition coefficient (Wildman–Crippen LogP) is 3.34. The van der Waals surface area contributed by atoms with Crippen LogP contribution < -0.4 is 10.1 Å². The first-order valence-electron chi connectivity index (χ1n) is 7.53. The fourth-order valence-corrected chi connectivity index (χ4v) is 2.79. The number of hydrogen-bond acceptors (Lipinski definition) is 4. The van der Waals surface area contributed by atoms with Crippen LogP contribution in [0.3, 0.4) is 0 Å². The second-order valence-corrected chi connectivity index (χ2v) is 6.20. The zero-order valence-electron chi connectivity index (χ0n) is 13.7. The maximum atomic E-state index is 12.4. The van der Waals surface area contributed by atoms with E-state index in [2.05, 4.69) is 5.32 Å². The summed E-state index contributed by atoms with van der Waals surface area (Å²) in [5, 5.41) is 12.5. The third-order valence-electron chi connectivity index (χ3n) is 3.43. The minimum Gasteiger partial charge on any atom is -0.480 e. The number of carboxylic acid groups (broad SMARTS) is 1. The first-order chi connectivity index (χ1) is 12.3. The number of nitrogens with one attached hydrogen (secondary N) is 1. The fraction of sp³-hybridized carbons (Fsp3) is 0.167. The Balaban J connectivity index is 2.18. The highest BCUT2D eigenvalue weighted by molar-refractivity contribution is 6.36. The molecule has 0 aliphatic heterocycles. The van der Waals surface area contributed by atoms with E-state index in [0.29, 0.717) is 15.6 Å². The summed E-state index contributed by atoms with van der Waals surface area (Å²) in [6, 6.07) is 9.44. The van der Waals surface area contributed by atoms with E-state index in [1.807, 2.05) is 0 Å². The highest BCUT2D eigenvalue weighted by Gasteiger charge is 2.23. The SMILES string of the molecule is CC(=O)Oc1cccc(C(=O)N[C@@H](Cc2c(Cl)cccc2Cl)C(=O)O)c1. The molecule has 2 aromatic carbocycles. The van der Waals surface area contributed by atoms with Crippen LogP contribution in [0.25, 0.3) is 0 Å². The zero-order chi connectivity index (χ0) is 19.3. The molecular weight excluding hydrogens is 381 g/mol. The maximum absolute atomic E-state index is 12.4. The van der Waals surface area contributed by atoms with Crippen LogP contribution in [0.4, 0.5) is 0 Å². The number of carbonyl (C=O) groups is 3. The normalized spacial score (nSPS) is 11.5. The molecule has 0 bridgehead atoms. The monoisotopic (exact) mass is 395 g/mol. The molecule has 6 nitrogen and oxygen atoms in total. The summed E-state index contributed by atoms with van der Waals surface area (Å²) in [6.45, 7) is 1.24. The standard InChI is InChI=1S/C18H15Cl2NO5/c1-10(22)26-12-5-2-4-11(8-12)17(23)21-16(18(24)25)9-13-14(19)6-3-7-15(13)20/h2-8,16H,9H2,1H3,(H,21,23)(H,24,25)/t16-/m0/s1. The molecule has 2 aromatic rings. The number of amides is 1. The molecule has 0 saturated carbocycles. The fourth-order valence-electron chi connectivity index (χ4n) is 2.24. The van der Waals surface area contributed by atoms with Gasteiger partial charge in [-0.25, -0.2) is 4.79 Å². The third kappa shape index (κ3) is 5.21. The van der Waals surface area contributed by atoms with E-state index in [1.165, 1.54) is 31.2 Å². The van der Waals surface area contributed by atoms with Gasteiger partial charge in [0.1, 0.15) is 11.8 Å². The molecule has 0 aromatic heterocycles. The predicted molar refractivity (Wildman–Crippen MR) is 96.8 cm³/mol. The Morgan fingerprint density at radius 2 is 1.73 bits per heavy atom. The van der Waals surface area contributed by atoms with Gasteiger partial charge < -0.3 is 15.2 Å². The minimum atomic E-state index is -1.24. The Hall–Kier alpha value is -2.57. The van der Waals surface area contributed by atoms with E-state index in [0.717, 1.165) is 0 Å². The first kappa shape index (κ1) is 19.8. The van der Waals surface area contributed by atoms with E-state index in [1.54, 1.807) is 18.2 Å². The lowest BCUT2D eigenvalue weighted by molar-refractivity contribution is -0.139. The van der Waals surface area contributed by atoms with Crippen molar-refractivity contribution in [3.63, 3.8) is 0 Å². The lowest BCUT2D eigenvalue weighted by Gasteiger charge is -2.16. The first-order valence-corrected chi connectivity index (χ1v) is 8.28. The van der Waals surface area contributed by atoms with Gasteiger partial charge in [-0.1, -0.05) is 35.3 Å². The van der Waals surface area contributed by atoms with Crippen LogP contribution in [0.1, 0.15) is 22.8 Å². The smallest absolute Gasteiger partial charge is 0.326 e. The number of carbonyl (C=O) groups excluding carboxylic acids is 2. The molecule has 0 radical (unpaired) electrons. The molecule has 2 rings (SSSR count). The summed E-state index contributed by atoms with van der Waals surface area (Å²) in [7, 11) is 0. The average molecular weight is 396 g/mol. The summed E-state index contributed by atoms with van der Waals surface area (Å²) in [4.78, 5) is 34.9. The minimum absolute atomic E-state index is 0.0801. The Kier molecular flexibility index (Phi) is 6.60. The topological polar surface area (TPSA) is 92.7 Å². The second kappa shape index (κ2) is 8.69. The molecule has 0 aliphatic rings. The molecule has 0 saturated heterocycles. The van der Waals surface area contributed by atoms with Gasteiger partial charge in [0.15, 0.2) is 0 Å². The highest BCUT2D eigenvalue weighted by Crippen LogP contribution is 2.25. The van der Waals surface area contributed by atoms with Gasteiger partial charge >= 0.3 is 11.9 Å². The van der Waals surface area contributed by atoms with Gasteiger partial charge in [-0.05, 0) is 35.9 Å². The Morgan fingerprint density at radius 3 is 2.31 bits per heavy atom. The molecular formula is C18H15Cl2NO5. The third-order valence-corrected chi connectivity index (χ3v) is 4.14. The summed E-state index contributed by atoms with van der Waals surface area (Å²) in [5.41, 5.74) is 0.581. The Morgan fingerprint density at radius 1 is 1.12 bits per heavy atom. The van der Waals surface area contributed by atoms with Crippen LogP contribution in [0.15, 0.2) is 42.5 Å². The van der Waals surface area contributed by atoms with Crippen LogP contribution >= 0.6 is 23.2 Å². The van der Waals surface area contributed by atoms with Gasteiger partial charge in [0.25, 0.3) is 5.91 Å². The summed E-state index contributed by atoms with van der Waals surface area (Å²) in [5.74, 6) is -2.20. The lowest BCUT2D eigenvalue weighted by atomic mass is 10.0. The van der Waals surface area contributed by atoms with Gasteiger partial charge in [0, 0.05) is 29.0 Å². The summed E-state index contributed by atoms with van der Waals surface area (Å²) < 4.78 is 4.91. The summed E-state index contributed by atoms with van der Waals surface area (Å²) >= 11 is 12.1. The number of benzene rings is 2. The van der Waals surface area contributed by atoms with Crippen molar-refractivity contribution in [2.45, 2.75) is 19.4 Å². The van der Waals surface area contributed by atoms with Crippen LogP contribution in [-0.4, -0.2) is 29.0 Å². The van der Waals surface area contributed by atoms with Crippen molar-refractivity contribution in [2.75, 3.05) is 0 Å². The van der Waals surface area contributed by atoms with E-state index in [9.17, 15) is 19.5 Å². The van der Waals surface area contributed by atoms with Crippen LogP contribution in [0, 0.1) is 0 Å². The Labute approximate surface area is 159 Å². The van der Waals surface area contributed by atoms with Gasteiger partial charge in [0.2, 0.25) is 0 Å². The quantitative estimate of drug-likeness (QED) is 0.577. The molecule has 0 aliphatic carbocycles. The molecule has 0 fully saturated rings. The van der Waals surface area contributed by atoms with Crippen molar-refractivity contribution in [1.29, 1.82) is 0 Å². The van der Waals surface area contributed by atoms with Crippen LogP contribution in [0.5, 0.6) is 5.75 Å². The van der Waals surface area contributed by atoms with Gasteiger partial charge in [-0.3, -0.25) is 9.59 Å². The van der Waals surface area contributed by atoms with Crippen molar-refractivity contribution in [3.8, 4) is 5.75 Å². The lowest BCUT2D eigenvalue weighted by Crippen LogP contribution is -2.42. The molecule has 26 heavy (non-hydrogen) atoms. The van der Waals surface area contributed by atoms with E-state index in [-0.39, 0.29) is 17.7 Å². The number of halogens is 2. The van der Waals surface area contributed by atoms with Gasteiger partial charge in [0.05, 0.1) is 0 Å². The number of rotatable bonds is 6. The van der Waals surface area contributed by atoms with Crippen molar-refractivity contribution < 1.29 is 24.2 Å². The molecule has 2 N–H and O–H groups in total. The largest absolute Gasteiger partial charge is 0.480 e. The number of esters is 1. The maximum Gasteiger partial charge on any atom is 0.326 e. The zero-order valence-corrected chi connectivity index (χ0v) is 15.2. The molecule has 136 valence electrons. The van der Waals surface area contributed by atoms with E-state index >= 15 is 0 Å². The number of carboxylic acids is 1. The van der Waals surface area contributed by atoms with Crippen molar-refractivity contribution >= 4 is 41.0 Å². The Bertz CT molecular complexity index is 833. The van der Waals surface area contributed by atoms with Crippen molar-refractivity contribution in [2.24, 2.45) is 0 Å². The van der Waals surface area contributed by atoms with Gasteiger partial charge in [-0.15, -0.1) is 0 Å². The number of hydrogen-bond donors (Lipinski definition) is 2. The molecule has 1 atom stereocenters. The van der Waals surface area contributed by atoms with Gasteiger partial charge in [-0.2, -0.15) is 0 Å².